The molecule has 0 saturated carbocycles. The van der Waals surface area contributed by atoms with Crippen LogP contribution in [0.5, 0.6) is 11.5 Å². The first kappa shape index (κ1) is 15.1. The third-order valence-corrected chi connectivity index (χ3v) is 4.23. The lowest BCUT2D eigenvalue weighted by Crippen LogP contribution is -2.18. The van der Waals surface area contributed by atoms with Crippen LogP contribution >= 0.6 is 15.9 Å². The summed E-state index contributed by atoms with van der Waals surface area (Å²) in [6.07, 6.45) is 0.372. The number of hydrogen-bond acceptors (Lipinski definition) is 4. The second kappa shape index (κ2) is 5.97. The zero-order valence-electron chi connectivity index (χ0n) is 11.1. The quantitative estimate of drug-likeness (QED) is 0.874. The average Bonchev–Trinajstić information content (AvgIpc) is 2.90. The number of nitrogens with one attached hydrogen (secondary N) is 1. The normalized spacial score (nSPS) is 21.8. The summed E-state index contributed by atoms with van der Waals surface area (Å²) >= 11 is 3.20. The summed E-state index contributed by atoms with van der Waals surface area (Å²) in [6.45, 7) is 0.342. The molecule has 0 aromatic heterocycles. The Balaban J connectivity index is 2.45. The van der Waals surface area contributed by atoms with Crippen LogP contribution in [-0.2, 0) is 4.79 Å². The highest BCUT2D eigenvalue weighted by atomic mass is 79.9. The minimum atomic E-state index is -0.863. The van der Waals surface area contributed by atoms with E-state index in [0.29, 0.717) is 24.3 Å². The molecular formula is C13H15BrFNO4. The fourth-order valence-corrected chi connectivity index (χ4v) is 2.99. The van der Waals surface area contributed by atoms with Crippen molar-refractivity contribution >= 4 is 21.9 Å². The highest BCUT2D eigenvalue weighted by molar-refractivity contribution is 9.10. The van der Waals surface area contributed by atoms with Gasteiger partial charge in [0.2, 0.25) is 0 Å². The summed E-state index contributed by atoms with van der Waals surface area (Å²) in [4.78, 5) is 11.0. The van der Waals surface area contributed by atoms with Gasteiger partial charge in [0, 0.05) is 24.2 Å². The van der Waals surface area contributed by atoms with Gasteiger partial charge >= 0.3 is 5.97 Å². The first-order valence-corrected chi connectivity index (χ1v) is 6.85. The van der Waals surface area contributed by atoms with Gasteiger partial charge in [0.25, 0.3) is 0 Å². The Kier molecular flexibility index (Phi) is 4.49. The van der Waals surface area contributed by atoms with Crippen LogP contribution in [-0.4, -0.2) is 31.8 Å². The maximum atomic E-state index is 13.9. The third kappa shape index (κ3) is 2.60. The van der Waals surface area contributed by atoms with Crippen molar-refractivity contribution in [3.8, 4) is 11.5 Å². The first-order chi connectivity index (χ1) is 9.49. The molecule has 20 heavy (non-hydrogen) atoms. The summed E-state index contributed by atoms with van der Waals surface area (Å²) in [6, 6.07) is 0.931. The molecular weight excluding hydrogens is 333 g/mol. The van der Waals surface area contributed by atoms with Gasteiger partial charge < -0.3 is 19.9 Å². The Morgan fingerprint density at radius 3 is 2.70 bits per heavy atom. The van der Waals surface area contributed by atoms with Crippen LogP contribution in [0.1, 0.15) is 18.0 Å². The van der Waals surface area contributed by atoms with E-state index < -0.39 is 17.7 Å². The molecule has 1 aromatic rings. The Labute approximate surface area is 124 Å². The molecule has 5 nitrogen and oxygen atoms in total. The molecule has 1 saturated heterocycles. The predicted molar refractivity (Wildman–Crippen MR) is 73.7 cm³/mol. The van der Waals surface area contributed by atoms with Crippen molar-refractivity contribution in [2.75, 3.05) is 20.8 Å². The summed E-state index contributed by atoms with van der Waals surface area (Å²) in [5.74, 6) is -1.14. The van der Waals surface area contributed by atoms with Crippen LogP contribution in [0.2, 0.25) is 0 Å². The maximum absolute atomic E-state index is 13.9. The number of carboxylic acid groups (broad SMARTS) is 1. The lowest BCUT2D eigenvalue weighted by atomic mass is 9.99. The summed E-state index contributed by atoms with van der Waals surface area (Å²) in [7, 11) is 2.90. The largest absolute Gasteiger partial charge is 0.493 e. The van der Waals surface area contributed by atoms with E-state index in [0.717, 1.165) is 0 Å². The van der Waals surface area contributed by atoms with E-state index in [1.54, 1.807) is 0 Å². The van der Waals surface area contributed by atoms with Crippen molar-refractivity contribution in [2.45, 2.75) is 12.5 Å². The molecule has 0 aliphatic carbocycles. The molecule has 0 radical (unpaired) electrons. The van der Waals surface area contributed by atoms with Crippen molar-refractivity contribution in [1.29, 1.82) is 0 Å². The maximum Gasteiger partial charge on any atom is 0.307 e. The summed E-state index contributed by atoms with van der Waals surface area (Å²) < 4.78 is 24.6. The van der Waals surface area contributed by atoms with Gasteiger partial charge in [-0.3, -0.25) is 4.79 Å². The minimum absolute atomic E-state index is 0.263. The van der Waals surface area contributed by atoms with Crippen molar-refractivity contribution in [1.82, 2.24) is 5.32 Å². The van der Waals surface area contributed by atoms with Gasteiger partial charge in [-0.05, 0) is 22.4 Å². The van der Waals surface area contributed by atoms with Crippen molar-refractivity contribution in [3.05, 3.63) is 21.9 Å². The SMILES string of the molecule is COc1cc(F)c(Br)c(C2CC(C(=O)O)CN2)c1OC. The van der Waals surface area contributed by atoms with Crippen LogP contribution in [0, 0.1) is 11.7 Å². The third-order valence-electron chi connectivity index (χ3n) is 3.42. The van der Waals surface area contributed by atoms with Gasteiger partial charge in [-0.25, -0.2) is 4.39 Å². The van der Waals surface area contributed by atoms with E-state index in [-0.39, 0.29) is 16.3 Å². The van der Waals surface area contributed by atoms with E-state index >= 15 is 0 Å². The van der Waals surface area contributed by atoms with Crippen LogP contribution in [0.15, 0.2) is 10.5 Å². The standard InChI is InChI=1S/C13H15BrFNO4/c1-19-9-4-7(15)11(14)10(12(9)20-2)8-3-6(5-16-8)13(17)18/h4,6,8,16H,3,5H2,1-2H3,(H,17,18). The number of hydrogen-bond donors (Lipinski definition) is 2. The molecule has 1 aliphatic rings. The second-order valence-electron chi connectivity index (χ2n) is 4.55. The fourth-order valence-electron chi connectivity index (χ4n) is 2.42. The van der Waals surface area contributed by atoms with Gasteiger partial charge in [-0.15, -0.1) is 0 Å². The molecule has 2 rings (SSSR count). The fraction of sp³-hybridized carbons (Fsp3) is 0.462. The van der Waals surface area contributed by atoms with Gasteiger partial charge in [-0.2, -0.15) is 0 Å². The molecule has 1 heterocycles. The average molecular weight is 348 g/mol. The van der Waals surface area contributed by atoms with Crippen LogP contribution in [0.4, 0.5) is 4.39 Å². The van der Waals surface area contributed by atoms with Gasteiger partial charge in [0.05, 0.1) is 24.6 Å². The molecule has 2 unspecified atom stereocenters. The number of benzene rings is 1. The number of methoxy groups -OCH3 is 2. The van der Waals surface area contributed by atoms with E-state index in [2.05, 4.69) is 21.2 Å². The van der Waals surface area contributed by atoms with E-state index in [4.69, 9.17) is 14.6 Å². The lowest BCUT2D eigenvalue weighted by Gasteiger charge is -2.19. The van der Waals surface area contributed by atoms with Gasteiger partial charge in [0.1, 0.15) is 5.82 Å². The number of carboxylic acids is 1. The van der Waals surface area contributed by atoms with Crippen molar-refractivity contribution in [3.63, 3.8) is 0 Å². The van der Waals surface area contributed by atoms with Gasteiger partial charge in [0.15, 0.2) is 11.5 Å². The lowest BCUT2D eigenvalue weighted by molar-refractivity contribution is -0.141. The minimum Gasteiger partial charge on any atom is -0.493 e. The predicted octanol–water partition coefficient (Wildman–Crippen LogP) is 2.34. The topological polar surface area (TPSA) is 67.8 Å². The first-order valence-electron chi connectivity index (χ1n) is 6.05. The van der Waals surface area contributed by atoms with Gasteiger partial charge in [-0.1, -0.05) is 0 Å². The number of carbonyl (C=O) groups is 1. The molecule has 1 aliphatic heterocycles. The molecule has 7 heteroatoms. The Morgan fingerprint density at radius 2 is 2.20 bits per heavy atom. The van der Waals surface area contributed by atoms with Crippen LogP contribution in [0.25, 0.3) is 0 Å². The number of halogens is 2. The van der Waals surface area contributed by atoms with Crippen LogP contribution < -0.4 is 14.8 Å². The number of ether oxygens (including phenoxy) is 2. The zero-order valence-corrected chi connectivity index (χ0v) is 12.7. The zero-order chi connectivity index (χ0) is 14.9. The Bertz CT molecular complexity index is 538. The molecule has 110 valence electrons. The Morgan fingerprint density at radius 1 is 1.50 bits per heavy atom. The number of aliphatic carboxylic acids is 1. The molecule has 2 atom stereocenters. The van der Waals surface area contributed by atoms with E-state index in [1.165, 1.54) is 20.3 Å². The van der Waals surface area contributed by atoms with E-state index in [1.807, 2.05) is 0 Å². The van der Waals surface area contributed by atoms with E-state index in [9.17, 15) is 9.18 Å². The van der Waals surface area contributed by atoms with Crippen LogP contribution in [0.3, 0.4) is 0 Å². The summed E-state index contributed by atoms with van der Waals surface area (Å²) in [5, 5.41) is 12.1. The molecule has 2 N–H and O–H groups in total. The molecule has 0 amide bonds. The highest BCUT2D eigenvalue weighted by Gasteiger charge is 2.34. The number of rotatable bonds is 4. The second-order valence-corrected chi connectivity index (χ2v) is 5.35. The Hall–Kier alpha value is -1.34. The van der Waals surface area contributed by atoms with Crippen molar-refractivity contribution in [2.24, 2.45) is 5.92 Å². The molecule has 1 fully saturated rings. The highest BCUT2D eigenvalue weighted by Crippen LogP contribution is 2.44. The van der Waals surface area contributed by atoms with Crippen molar-refractivity contribution < 1.29 is 23.8 Å². The molecule has 0 bridgehead atoms. The monoisotopic (exact) mass is 347 g/mol. The molecule has 1 aromatic carbocycles. The summed E-state index contributed by atoms with van der Waals surface area (Å²) in [5.41, 5.74) is 0.549. The smallest absolute Gasteiger partial charge is 0.307 e. The molecule has 0 spiro atoms.